The highest BCUT2D eigenvalue weighted by Gasteiger charge is 2.25. The zero-order valence-corrected chi connectivity index (χ0v) is 18.4. The molecule has 3 N–H and O–H groups in total. The summed E-state index contributed by atoms with van der Waals surface area (Å²) in [5, 5.41) is 9.54. The number of fused-ring (bicyclic) bond motifs is 1. The van der Waals surface area contributed by atoms with E-state index in [1.807, 2.05) is 43.3 Å². The van der Waals surface area contributed by atoms with Crippen LogP contribution in [0.4, 0.5) is 0 Å². The van der Waals surface area contributed by atoms with Gasteiger partial charge in [-0.05, 0) is 34.9 Å². The van der Waals surface area contributed by atoms with Gasteiger partial charge < -0.3 is 10.6 Å². The third-order valence-electron chi connectivity index (χ3n) is 5.72. The topological polar surface area (TPSA) is 90.5 Å². The summed E-state index contributed by atoms with van der Waals surface area (Å²) < 4.78 is 0. The fraction of sp³-hybridized carbons (Fsp3) is 0.192. The Balaban J connectivity index is 1.44. The molecule has 1 aliphatic heterocycles. The van der Waals surface area contributed by atoms with Crippen molar-refractivity contribution < 1.29 is 14.4 Å². The van der Waals surface area contributed by atoms with Gasteiger partial charge in [-0.15, -0.1) is 0 Å². The van der Waals surface area contributed by atoms with Crippen molar-refractivity contribution in [1.82, 2.24) is 21.1 Å². The first-order valence-electron chi connectivity index (χ1n) is 10.8. The number of hydrogen-bond acceptors (Lipinski definition) is 4. The fourth-order valence-electron chi connectivity index (χ4n) is 3.94. The highest BCUT2D eigenvalue weighted by molar-refractivity contribution is 5.97. The summed E-state index contributed by atoms with van der Waals surface area (Å²) in [6, 6.07) is 21.2. The Labute approximate surface area is 192 Å². The summed E-state index contributed by atoms with van der Waals surface area (Å²) in [5.74, 6) is -0.789. The highest BCUT2D eigenvalue weighted by atomic mass is 16.2. The average molecular weight is 443 g/mol. The molecule has 0 spiro atoms. The number of hydrogen-bond donors (Lipinski definition) is 3. The quantitative estimate of drug-likeness (QED) is 0.490. The third kappa shape index (κ3) is 4.87. The van der Waals surface area contributed by atoms with E-state index in [1.165, 1.54) is 5.01 Å². The van der Waals surface area contributed by atoms with E-state index in [-0.39, 0.29) is 36.5 Å². The van der Waals surface area contributed by atoms with Crippen LogP contribution in [0.1, 0.15) is 40.9 Å². The molecular formula is C26H26N4O3. The van der Waals surface area contributed by atoms with Crippen molar-refractivity contribution in [1.29, 1.82) is 0 Å². The molecule has 1 aliphatic rings. The largest absolute Gasteiger partial charge is 0.377 e. The molecular weight excluding hydrogens is 416 g/mol. The van der Waals surface area contributed by atoms with Gasteiger partial charge in [0.1, 0.15) is 0 Å². The predicted octanol–water partition coefficient (Wildman–Crippen LogP) is 3.20. The normalized spacial score (nSPS) is 14.0. The standard InChI is InChI=1S/C26H26N4O3/c1-17(21-13-7-10-19-8-3-5-11-22(19)21)28-25(32)23-12-6-4-9-20(23)16-27-18(2)26(33)30-15-14-24(31)29-30/h3-13,17,27H,2,14-16H2,1H3,(H,28,32)(H,29,31)/t17-/m1/s1. The van der Waals surface area contributed by atoms with Gasteiger partial charge in [-0.2, -0.15) is 0 Å². The summed E-state index contributed by atoms with van der Waals surface area (Å²) in [6.07, 6.45) is 0.275. The minimum atomic E-state index is -0.396. The van der Waals surface area contributed by atoms with Crippen LogP contribution < -0.4 is 16.1 Å². The molecule has 7 nitrogen and oxygen atoms in total. The second kappa shape index (κ2) is 9.56. The number of rotatable bonds is 7. The number of amides is 3. The summed E-state index contributed by atoms with van der Waals surface area (Å²) in [5.41, 5.74) is 4.94. The first-order valence-corrected chi connectivity index (χ1v) is 10.8. The molecule has 0 bridgehead atoms. The number of carbonyl (C=O) groups is 3. The number of nitrogens with one attached hydrogen (secondary N) is 3. The summed E-state index contributed by atoms with van der Waals surface area (Å²) >= 11 is 0. The van der Waals surface area contributed by atoms with Gasteiger partial charge in [0.25, 0.3) is 11.8 Å². The van der Waals surface area contributed by atoms with Crippen molar-refractivity contribution in [2.75, 3.05) is 6.54 Å². The average Bonchev–Trinajstić information content (AvgIpc) is 3.27. The minimum Gasteiger partial charge on any atom is -0.377 e. The molecule has 33 heavy (non-hydrogen) atoms. The summed E-state index contributed by atoms with van der Waals surface area (Å²) in [7, 11) is 0. The molecule has 7 heteroatoms. The van der Waals surface area contributed by atoms with Gasteiger partial charge in [-0.1, -0.05) is 67.2 Å². The van der Waals surface area contributed by atoms with Gasteiger partial charge >= 0.3 is 0 Å². The zero-order chi connectivity index (χ0) is 23.4. The Bertz CT molecular complexity index is 1230. The zero-order valence-electron chi connectivity index (χ0n) is 18.4. The van der Waals surface area contributed by atoms with Crippen LogP contribution in [0.2, 0.25) is 0 Å². The molecule has 3 aromatic carbocycles. The van der Waals surface area contributed by atoms with Crippen LogP contribution in [0.3, 0.4) is 0 Å². The Kier molecular flexibility index (Phi) is 6.40. The molecule has 1 heterocycles. The van der Waals surface area contributed by atoms with E-state index in [2.05, 4.69) is 40.8 Å². The maximum Gasteiger partial charge on any atom is 0.287 e. The lowest BCUT2D eigenvalue weighted by molar-refractivity contribution is -0.133. The molecule has 1 saturated heterocycles. The summed E-state index contributed by atoms with van der Waals surface area (Å²) in [4.78, 5) is 36.9. The van der Waals surface area contributed by atoms with Crippen molar-refractivity contribution in [3.8, 4) is 0 Å². The Morgan fingerprint density at radius 3 is 2.58 bits per heavy atom. The molecule has 0 radical (unpaired) electrons. The van der Waals surface area contributed by atoms with E-state index in [1.54, 1.807) is 12.1 Å². The first-order chi connectivity index (χ1) is 15.9. The lowest BCUT2D eigenvalue weighted by Gasteiger charge is -2.19. The van der Waals surface area contributed by atoms with Crippen molar-refractivity contribution in [2.45, 2.75) is 25.9 Å². The smallest absolute Gasteiger partial charge is 0.287 e. The minimum absolute atomic E-state index is 0.150. The van der Waals surface area contributed by atoms with Crippen LogP contribution in [0.25, 0.3) is 10.8 Å². The Hall–Kier alpha value is -4.13. The van der Waals surface area contributed by atoms with E-state index < -0.39 is 5.91 Å². The van der Waals surface area contributed by atoms with Crippen LogP contribution in [0, 0.1) is 0 Å². The Morgan fingerprint density at radius 2 is 1.79 bits per heavy atom. The SMILES string of the molecule is C=C(NCc1ccccc1C(=O)N[C@H](C)c1cccc2ccccc12)C(=O)N1CCC(=O)N1. The van der Waals surface area contributed by atoms with Crippen LogP contribution in [-0.4, -0.2) is 29.3 Å². The van der Waals surface area contributed by atoms with Crippen molar-refractivity contribution in [3.05, 3.63) is 95.7 Å². The molecule has 1 atom stereocenters. The van der Waals surface area contributed by atoms with Crippen LogP contribution >= 0.6 is 0 Å². The van der Waals surface area contributed by atoms with Crippen LogP contribution in [0.5, 0.6) is 0 Å². The van der Waals surface area contributed by atoms with Gasteiger partial charge in [0.15, 0.2) is 0 Å². The molecule has 3 amide bonds. The third-order valence-corrected chi connectivity index (χ3v) is 5.72. The van der Waals surface area contributed by atoms with Crippen molar-refractivity contribution in [3.63, 3.8) is 0 Å². The van der Waals surface area contributed by atoms with Gasteiger partial charge in [-0.25, -0.2) is 5.01 Å². The van der Waals surface area contributed by atoms with E-state index >= 15 is 0 Å². The molecule has 4 rings (SSSR count). The molecule has 3 aromatic rings. The van der Waals surface area contributed by atoms with Gasteiger partial charge in [0.05, 0.1) is 18.3 Å². The van der Waals surface area contributed by atoms with Gasteiger partial charge in [-0.3, -0.25) is 19.8 Å². The van der Waals surface area contributed by atoms with Crippen molar-refractivity contribution in [2.24, 2.45) is 0 Å². The molecule has 0 saturated carbocycles. The van der Waals surface area contributed by atoms with E-state index in [0.717, 1.165) is 21.9 Å². The monoisotopic (exact) mass is 442 g/mol. The van der Waals surface area contributed by atoms with Crippen LogP contribution in [-0.2, 0) is 16.1 Å². The maximum atomic E-state index is 13.1. The molecule has 0 aromatic heterocycles. The maximum absolute atomic E-state index is 13.1. The van der Waals surface area contributed by atoms with E-state index in [9.17, 15) is 14.4 Å². The van der Waals surface area contributed by atoms with E-state index in [0.29, 0.717) is 12.1 Å². The molecule has 1 fully saturated rings. The lowest BCUT2D eigenvalue weighted by atomic mass is 9.99. The lowest BCUT2D eigenvalue weighted by Crippen LogP contribution is -2.41. The second-order valence-corrected chi connectivity index (χ2v) is 7.99. The Morgan fingerprint density at radius 1 is 1.06 bits per heavy atom. The molecule has 0 aliphatic carbocycles. The van der Waals surface area contributed by atoms with Crippen molar-refractivity contribution >= 4 is 28.5 Å². The van der Waals surface area contributed by atoms with E-state index in [4.69, 9.17) is 0 Å². The fourth-order valence-corrected chi connectivity index (χ4v) is 3.94. The van der Waals surface area contributed by atoms with Gasteiger partial charge in [0, 0.05) is 18.5 Å². The number of benzene rings is 3. The molecule has 0 unspecified atom stereocenters. The summed E-state index contributed by atoms with van der Waals surface area (Å²) in [6.45, 7) is 6.30. The number of hydrazine groups is 1. The number of carbonyl (C=O) groups excluding carboxylic acids is 3. The number of nitrogens with zero attached hydrogens (tertiary/aromatic N) is 1. The predicted molar refractivity (Wildman–Crippen MR) is 127 cm³/mol. The molecule has 168 valence electrons. The second-order valence-electron chi connectivity index (χ2n) is 7.99. The van der Waals surface area contributed by atoms with Gasteiger partial charge in [0.2, 0.25) is 5.91 Å². The highest BCUT2D eigenvalue weighted by Crippen LogP contribution is 2.24. The first kappa shape index (κ1) is 22.1. The van der Waals surface area contributed by atoms with Crippen LogP contribution in [0.15, 0.2) is 79.0 Å².